The Kier molecular flexibility index (Phi) is 4.81. The van der Waals surface area contributed by atoms with Crippen molar-refractivity contribution in [3.8, 4) is 6.07 Å². The van der Waals surface area contributed by atoms with Crippen molar-refractivity contribution in [3.63, 3.8) is 0 Å². The van der Waals surface area contributed by atoms with Gasteiger partial charge in [-0.2, -0.15) is 5.26 Å². The molecule has 3 unspecified atom stereocenters. The minimum absolute atomic E-state index is 0.281. The third-order valence-corrected chi connectivity index (χ3v) is 4.30. The summed E-state index contributed by atoms with van der Waals surface area (Å²) in [6, 6.07) is 13.3. The summed E-state index contributed by atoms with van der Waals surface area (Å²) in [5.41, 5.74) is 1.45. The van der Waals surface area contributed by atoms with Crippen LogP contribution in [0.25, 0.3) is 0 Å². The number of nitrogens with zero attached hydrogens (tertiary/aromatic N) is 1. The Hall–Kier alpha value is -1.29. The highest BCUT2D eigenvalue weighted by Gasteiger charge is 2.23. The van der Waals surface area contributed by atoms with Crippen molar-refractivity contribution in [3.05, 3.63) is 35.9 Å². The van der Waals surface area contributed by atoms with Crippen LogP contribution in [0.4, 0.5) is 0 Å². The van der Waals surface area contributed by atoms with E-state index in [9.17, 15) is 5.26 Å². The molecule has 1 saturated carbocycles. The third-order valence-electron chi connectivity index (χ3n) is 4.30. The second-order valence-corrected chi connectivity index (χ2v) is 5.79. The summed E-state index contributed by atoms with van der Waals surface area (Å²) >= 11 is 0. The Morgan fingerprint density at radius 3 is 2.61 bits per heavy atom. The normalized spacial score (nSPS) is 29.0. The lowest BCUT2D eigenvalue weighted by Crippen LogP contribution is -2.19. The molecule has 0 aliphatic heterocycles. The van der Waals surface area contributed by atoms with Gasteiger partial charge in [0.2, 0.25) is 0 Å². The van der Waals surface area contributed by atoms with Crippen LogP contribution in [-0.4, -0.2) is 0 Å². The molecule has 1 heteroatoms. The lowest BCUT2D eigenvalue weighted by molar-refractivity contribution is 0.269. The number of benzene rings is 1. The first kappa shape index (κ1) is 13.1. The summed E-state index contributed by atoms with van der Waals surface area (Å²) in [4.78, 5) is 0. The summed E-state index contributed by atoms with van der Waals surface area (Å²) in [5.74, 6) is 1.60. The van der Waals surface area contributed by atoms with E-state index in [0.29, 0.717) is 5.92 Å². The van der Waals surface area contributed by atoms with Gasteiger partial charge < -0.3 is 0 Å². The molecule has 0 heterocycles. The molecule has 1 aromatic rings. The zero-order chi connectivity index (χ0) is 12.8. The quantitative estimate of drug-likeness (QED) is 0.743. The Balaban J connectivity index is 1.97. The molecule has 2 rings (SSSR count). The minimum atomic E-state index is 0.281. The summed E-state index contributed by atoms with van der Waals surface area (Å²) in [5, 5.41) is 9.20. The van der Waals surface area contributed by atoms with Crippen molar-refractivity contribution in [1.82, 2.24) is 0 Å². The predicted molar refractivity (Wildman–Crippen MR) is 75.0 cm³/mol. The molecule has 0 amide bonds. The average Bonchev–Trinajstić information content (AvgIpc) is 2.37. The highest BCUT2D eigenvalue weighted by molar-refractivity contribution is 5.15. The van der Waals surface area contributed by atoms with Gasteiger partial charge >= 0.3 is 0 Å². The van der Waals surface area contributed by atoms with Crippen molar-refractivity contribution < 1.29 is 0 Å². The monoisotopic (exact) mass is 241 g/mol. The number of hydrogen-bond donors (Lipinski definition) is 0. The van der Waals surface area contributed by atoms with Crippen LogP contribution in [-0.2, 0) is 6.42 Å². The summed E-state index contributed by atoms with van der Waals surface area (Å²) in [7, 11) is 0. The molecule has 96 valence electrons. The van der Waals surface area contributed by atoms with Gasteiger partial charge in [-0.3, -0.25) is 0 Å². The Labute approximate surface area is 111 Å². The molecule has 0 bridgehead atoms. The van der Waals surface area contributed by atoms with E-state index in [0.717, 1.165) is 12.3 Å². The maximum absolute atomic E-state index is 9.20. The molecule has 3 atom stereocenters. The summed E-state index contributed by atoms with van der Waals surface area (Å²) in [6.07, 6.45) is 7.36. The van der Waals surface area contributed by atoms with Gasteiger partial charge in [0, 0.05) is 5.92 Å². The molecule has 0 radical (unpaired) electrons. The molecule has 0 spiro atoms. The van der Waals surface area contributed by atoms with Crippen molar-refractivity contribution in [1.29, 1.82) is 5.26 Å². The smallest absolute Gasteiger partial charge is 0.0658 e. The largest absolute Gasteiger partial charge is 0.198 e. The van der Waals surface area contributed by atoms with E-state index in [1.807, 2.05) is 0 Å². The fourth-order valence-electron chi connectivity index (χ4n) is 3.21. The fourth-order valence-corrected chi connectivity index (χ4v) is 3.21. The molecule has 0 aromatic heterocycles. The molecule has 18 heavy (non-hydrogen) atoms. The molecule has 1 aromatic carbocycles. The molecular formula is C17H23N. The topological polar surface area (TPSA) is 23.8 Å². The van der Waals surface area contributed by atoms with Crippen molar-refractivity contribution in [2.75, 3.05) is 0 Å². The van der Waals surface area contributed by atoms with E-state index in [1.165, 1.54) is 37.7 Å². The third kappa shape index (κ3) is 3.60. The van der Waals surface area contributed by atoms with Crippen LogP contribution >= 0.6 is 0 Å². The van der Waals surface area contributed by atoms with Crippen molar-refractivity contribution >= 4 is 0 Å². The van der Waals surface area contributed by atoms with E-state index >= 15 is 0 Å². The van der Waals surface area contributed by atoms with Gasteiger partial charge in [0.1, 0.15) is 0 Å². The summed E-state index contributed by atoms with van der Waals surface area (Å²) in [6.45, 7) is 2.26. The Morgan fingerprint density at radius 2 is 1.89 bits per heavy atom. The second-order valence-electron chi connectivity index (χ2n) is 5.79. The van der Waals surface area contributed by atoms with Crippen LogP contribution in [0.1, 0.15) is 44.6 Å². The molecule has 1 nitrogen and oxygen atoms in total. The summed E-state index contributed by atoms with van der Waals surface area (Å²) < 4.78 is 0. The van der Waals surface area contributed by atoms with Crippen LogP contribution in [0, 0.1) is 29.1 Å². The van der Waals surface area contributed by atoms with E-state index in [2.05, 4.69) is 43.3 Å². The highest BCUT2D eigenvalue weighted by atomic mass is 14.3. The van der Waals surface area contributed by atoms with Crippen LogP contribution in [0.2, 0.25) is 0 Å². The van der Waals surface area contributed by atoms with Gasteiger partial charge in [-0.05, 0) is 36.7 Å². The second kappa shape index (κ2) is 6.59. The first-order valence-electron chi connectivity index (χ1n) is 7.23. The van der Waals surface area contributed by atoms with Crippen molar-refractivity contribution in [2.24, 2.45) is 17.8 Å². The number of hydrogen-bond acceptors (Lipinski definition) is 1. The highest BCUT2D eigenvalue weighted by Crippen LogP contribution is 2.32. The van der Waals surface area contributed by atoms with Gasteiger partial charge in [-0.1, -0.05) is 56.5 Å². The molecule has 1 aliphatic carbocycles. The number of rotatable bonds is 2. The maximum Gasteiger partial charge on any atom is 0.0658 e. The van der Waals surface area contributed by atoms with Crippen LogP contribution in [0.3, 0.4) is 0 Å². The zero-order valence-corrected chi connectivity index (χ0v) is 11.3. The molecule has 0 N–H and O–H groups in total. The molecular weight excluding hydrogens is 218 g/mol. The van der Waals surface area contributed by atoms with Gasteiger partial charge in [0.05, 0.1) is 6.07 Å². The Morgan fingerprint density at radius 1 is 1.17 bits per heavy atom. The van der Waals surface area contributed by atoms with Crippen LogP contribution < -0.4 is 0 Å². The Bertz CT molecular complexity index is 390. The van der Waals surface area contributed by atoms with E-state index in [-0.39, 0.29) is 5.92 Å². The van der Waals surface area contributed by atoms with Crippen LogP contribution in [0.5, 0.6) is 0 Å². The maximum atomic E-state index is 9.20. The lowest BCUT2D eigenvalue weighted by atomic mass is 9.77. The molecule has 1 aliphatic rings. The SMILES string of the molecule is CC1CC(Cc2ccccc2)CCCCC1C#N. The van der Waals surface area contributed by atoms with Crippen molar-refractivity contribution in [2.45, 2.75) is 45.4 Å². The average molecular weight is 241 g/mol. The van der Waals surface area contributed by atoms with E-state index in [4.69, 9.17) is 0 Å². The first-order valence-corrected chi connectivity index (χ1v) is 7.23. The molecule has 0 saturated heterocycles. The fraction of sp³-hybridized carbons (Fsp3) is 0.588. The van der Waals surface area contributed by atoms with E-state index < -0.39 is 0 Å². The van der Waals surface area contributed by atoms with Crippen LogP contribution in [0.15, 0.2) is 30.3 Å². The zero-order valence-electron chi connectivity index (χ0n) is 11.3. The standard InChI is InChI=1S/C17H23N/c1-14-11-16(9-5-6-10-17(14)13-18)12-15-7-3-2-4-8-15/h2-4,7-8,14,16-17H,5-6,9-12H2,1H3. The van der Waals surface area contributed by atoms with E-state index in [1.54, 1.807) is 0 Å². The lowest BCUT2D eigenvalue weighted by Gasteiger charge is -2.27. The first-order chi connectivity index (χ1) is 8.79. The van der Waals surface area contributed by atoms with Gasteiger partial charge in [-0.15, -0.1) is 0 Å². The molecule has 1 fully saturated rings. The predicted octanol–water partition coefficient (Wildman–Crippen LogP) is 4.59. The minimum Gasteiger partial charge on any atom is -0.198 e. The van der Waals surface area contributed by atoms with Gasteiger partial charge in [0.15, 0.2) is 0 Å². The van der Waals surface area contributed by atoms with Gasteiger partial charge in [-0.25, -0.2) is 0 Å². The van der Waals surface area contributed by atoms with Gasteiger partial charge in [0.25, 0.3) is 0 Å². The number of nitriles is 1.